The number of morpholine rings is 1. The summed E-state index contributed by atoms with van der Waals surface area (Å²) in [6.07, 6.45) is 1.75. The van der Waals surface area contributed by atoms with Crippen LogP contribution < -0.4 is 10.5 Å². The molecule has 3 aromatic rings. The van der Waals surface area contributed by atoms with Gasteiger partial charge >= 0.3 is 0 Å². The Hall–Kier alpha value is -2.19. The second-order valence-corrected chi connectivity index (χ2v) is 7.03. The van der Waals surface area contributed by atoms with E-state index >= 15 is 0 Å². The number of rotatable bonds is 2. The number of benzene rings is 1. The van der Waals surface area contributed by atoms with E-state index in [1.807, 2.05) is 25.1 Å². The van der Waals surface area contributed by atoms with Crippen molar-refractivity contribution in [3.05, 3.63) is 44.8 Å². The lowest BCUT2D eigenvalue weighted by molar-refractivity contribution is 0.121. The molecule has 4 rings (SSSR count). The highest BCUT2D eigenvalue weighted by Crippen LogP contribution is 2.21. The van der Waals surface area contributed by atoms with E-state index in [0.717, 1.165) is 28.8 Å². The Morgan fingerprint density at radius 1 is 1.24 bits per heavy atom. The Bertz CT molecular complexity index is 1000. The van der Waals surface area contributed by atoms with Gasteiger partial charge in [0.1, 0.15) is 5.39 Å². The highest BCUT2D eigenvalue weighted by molar-refractivity contribution is 9.10. The fourth-order valence-electron chi connectivity index (χ4n) is 3.09. The Balaban J connectivity index is 1.85. The van der Waals surface area contributed by atoms with Crippen LogP contribution in [0.15, 0.2) is 33.7 Å². The standard InChI is InChI=1S/C17H18BrN5O2/c1-11-9-12(18)3-4-14(11)23-10-13-15(20-23)19-17(21(2)16(13)24)22-5-7-25-8-6-22/h3-4,9-10H,5-8H2,1-2H3. The van der Waals surface area contributed by atoms with Crippen LogP contribution in [0.2, 0.25) is 0 Å². The number of anilines is 1. The third-order valence-electron chi connectivity index (χ3n) is 4.44. The van der Waals surface area contributed by atoms with E-state index in [2.05, 4.69) is 30.9 Å². The van der Waals surface area contributed by atoms with E-state index < -0.39 is 0 Å². The van der Waals surface area contributed by atoms with Crippen LogP contribution in [-0.4, -0.2) is 45.6 Å². The monoisotopic (exact) mass is 403 g/mol. The third kappa shape index (κ3) is 2.85. The van der Waals surface area contributed by atoms with Crippen LogP contribution in [0.1, 0.15) is 5.56 Å². The van der Waals surface area contributed by atoms with Crippen molar-refractivity contribution in [2.45, 2.75) is 6.92 Å². The largest absolute Gasteiger partial charge is 0.378 e. The van der Waals surface area contributed by atoms with Crippen molar-refractivity contribution in [3.8, 4) is 5.69 Å². The zero-order chi connectivity index (χ0) is 17.6. The first-order valence-corrected chi connectivity index (χ1v) is 8.89. The Kier molecular flexibility index (Phi) is 4.09. The molecule has 0 unspecified atom stereocenters. The van der Waals surface area contributed by atoms with Gasteiger partial charge in [-0.2, -0.15) is 4.98 Å². The van der Waals surface area contributed by atoms with Crippen molar-refractivity contribution >= 4 is 32.9 Å². The summed E-state index contributed by atoms with van der Waals surface area (Å²) in [4.78, 5) is 19.5. The molecular formula is C17H18BrN5O2. The van der Waals surface area contributed by atoms with Gasteiger partial charge in [-0.25, -0.2) is 4.68 Å². The number of halogens is 1. The number of nitrogens with zero attached hydrogens (tertiary/aromatic N) is 5. The minimum absolute atomic E-state index is 0.0903. The van der Waals surface area contributed by atoms with E-state index in [-0.39, 0.29) is 5.56 Å². The highest BCUT2D eigenvalue weighted by atomic mass is 79.9. The van der Waals surface area contributed by atoms with Crippen molar-refractivity contribution < 1.29 is 4.74 Å². The molecule has 2 aromatic heterocycles. The van der Waals surface area contributed by atoms with Crippen LogP contribution in [0.5, 0.6) is 0 Å². The summed E-state index contributed by atoms with van der Waals surface area (Å²) in [6.45, 7) is 4.73. The second kappa shape index (κ2) is 6.27. The molecule has 1 aliphatic heterocycles. The topological polar surface area (TPSA) is 65.2 Å². The highest BCUT2D eigenvalue weighted by Gasteiger charge is 2.19. The maximum absolute atomic E-state index is 12.8. The molecule has 25 heavy (non-hydrogen) atoms. The van der Waals surface area contributed by atoms with Crippen LogP contribution in [0, 0.1) is 6.92 Å². The number of hydrogen-bond acceptors (Lipinski definition) is 5. The molecule has 130 valence electrons. The molecule has 0 atom stereocenters. The van der Waals surface area contributed by atoms with Crippen LogP contribution >= 0.6 is 15.9 Å². The predicted molar refractivity (Wildman–Crippen MR) is 99.6 cm³/mol. The lowest BCUT2D eigenvalue weighted by Crippen LogP contribution is -2.40. The van der Waals surface area contributed by atoms with Crippen molar-refractivity contribution in [2.75, 3.05) is 31.2 Å². The average molecular weight is 404 g/mol. The van der Waals surface area contributed by atoms with Crippen LogP contribution in [0.25, 0.3) is 16.7 Å². The molecule has 0 aliphatic carbocycles. The SMILES string of the molecule is Cc1cc(Br)ccc1-n1cc2c(=O)n(C)c(N3CCOCC3)nc2n1. The zero-order valence-corrected chi connectivity index (χ0v) is 15.7. The van der Waals surface area contributed by atoms with Gasteiger partial charge in [0.25, 0.3) is 5.56 Å². The number of aryl methyl sites for hydroxylation is 1. The summed E-state index contributed by atoms with van der Waals surface area (Å²) in [5.41, 5.74) is 2.36. The minimum atomic E-state index is -0.0903. The van der Waals surface area contributed by atoms with Gasteiger partial charge in [-0.15, -0.1) is 5.10 Å². The van der Waals surface area contributed by atoms with E-state index in [1.54, 1.807) is 22.5 Å². The molecule has 0 amide bonds. The average Bonchev–Trinajstić information content (AvgIpc) is 3.03. The van der Waals surface area contributed by atoms with E-state index in [4.69, 9.17) is 4.74 Å². The summed E-state index contributed by atoms with van der Waals surface area (Å²) in [5, 5.41) is 5.07. The molecule has 1 saturated heterocycles. The van der Waals surface area contributed by atoms with E-state index in [9.17, 15) is 4.79 Å². The molecule has 0 N–H and O–H groups in total. The summed E-state index contributed by atoms with van der Waals surface area (Å²) in [5.74, 6) is 0.638. The maximum atomic E-state index is 12.8. The molecule has 1 fully saturated rings. The molecule has 8 heteroatoms. The number of fused-ring (bicyclic) bond motifs is 1. The third-order valence-corrected chi connectivity index (χ3v) is 4.93. The molecule has 0 bridgehead atoms. The second-order valence-electron chi connectivity index (χ2n) is 6.12. The molecule has 0 saturated carbocycles. The Morgan fingerprint density at radius 2 is 2.00 bits per heavy atom. The fraction of sp³-hybridized carbons (Fsp3) is 0.353. The van der Waals surface area contributed by atoms with Gasteiger partial charge < -0.3 is 9.64 Å². The molecule has 0 radical (unpaired) electrons. The van der Waals surface area contributed by atoms with Gasteiger partial charge in [-0.05, 0) is 30.7 Å². The number of aromatic nitrogens is 4. The predicted octanol–water partition coefficient (Wildman–Crippen LogP) is 2.03. The first-order valence-electron chi connectivity index (χ1n) is 8.10. The van der Waals surface area contributed by atoms with Crippen molar-refractivity contribution in [2.24, 2.45) is 7.05 Å². The summed E-state index contributed by atoms with van der Waals surface area (Å²) in [6, 6.07) is 5.95. The molecular weight excluding hydrogens is 386 g/mol. The normalized spacial score (nSPS) is 15.1. The maximum Gasteiger partial charge on any atom is 0.265 e. The van der Waals surface area contributed by atoms with E-state index in [0.29, 0.717) is 30.2 Å². The summed E-state index contributed by atoms with van der Waals surface area (Å²) < 4.78 is 9.71. The van der Waals surface area contributed by atoms with Crippen molar-refractivity contribution in [3.63, 3.8) is 0 Å². The first-order chi connectivity index (χ1) is 12.0. The number of ether oxygens (including phenoxy) is 1. The fourth-order valence-corrected chi connectivity index (χ4v) is 3.56. The quantitative estimate of drug-likeness (QED) is 0.654. The Labute approximate surface area is 153 Å². The van der Waals surface area contributed by atoms with Crippen LogP contribution in [0.3, 0.4) is 0 Å². The van der Waals surface area contributed by atoms with Crippen molar-refractivity contribution in [1.82, 2.24) is 19.3 Å². The van der Waals surface area contributed by atoms with Gasteiger partial charge in [-0.3, -0.25) is 9.36 Å². The zero-order valence-electron chi connectivity index (χ0n) is 14.1. The van der Waals surface area contributed by atoms with E-state index in [1.165, 1.54) is 0 Å². The summed E-state index contributed by atoms with van der Waals surface area (Å²) in [7, 11) is 1.75. The molecule has 1 aromatic carbocycles. The Morgan fingerprint density at radius 3 is 2.72 bits per heavy atom. The van der Waals surface area contributed by atoms with Gasteiger partial charge in [0.2, 0.25) is 5.95 Å². The molecule has 0 spiro atoms. The van der Waals surface area contributed by atoms with Gasteiger partial charge in [0, 0.05) is 30.8 Å². The van der Waals surface area contributed by atoms with Crippen LogP contribution in [0.4, 0.5) is 5.95 Å². The minimum Gasteiger partial charge on any atom is -0.378 e. The van der Waals surface area contributed by atoms with Gasteiger partial charge in [0.15, 0.2) is 5.65 Å². The lowest BCUT2D eigenvalue weighted by atomic mass is 10.2. The lowest BCUT2D eigenvalue weighted by Gasteiger charge is -2.28. The van der Waals surface area contributed by atoms with Gasteiger partial charge in [-0.1, -0.05) is 15.9 Å². The first kappa shape index (κ1) is 16.3. The van der Waals surface area contributed by atoms with Crippen LogP contribution in [-0.2, 0) is 11.8 Å². The molecule has 7 nitrogen and oxygen atoms in total. The smallest absolute Gasteiger partial charge is 0.265 e. The van der Waals surface area contributed by atoms with Crippen molar-refractivity contribution in [1.29, 1.82) is 0 Å². The summed E-state index contributed by atoms with van der Waals surface area (Å²) >= 11 is 3.47. The van der Waals surface area contributed by atoms with Gasteiger partial charge in [0.05, 0.1) is 18.9 Å². The molecule has 3 heterocycles. The number of hydrogen-bond donors (Lipinski definition) is 0. The molecule has 1 aliphatic rings.